The third kappa shape index (κ3) is 9.92. The molecule has 0 aromatic heterocycles. The predicted octanol–water partition coefficient (Wildman–Crippen LogP) is 14.1. The minimum atomic E-state index is -0.826. The maximum atomic E-state index is 4.93. The summed E-state index contributed by atoms with van der Waals surface area (Å²) in [5.41, 5.74) is 12.8. The van der Waals surface area contributed by atoms with Gasteiger partial charge in [0.15, 0.2) is 0 Å². The van der Waals surface area contributed by atoms with Crippen LogP contribution in [0, 0.1) is 6.07 Å². The van der Waals surface area contributed by atoms with Crippen LogP contribution in [0.25, 0.3) is 43.8 Å². The fourth-order valence-corrected chi connectivity index (χ4v) is 6.45. The molecule has 0 aliphatic heterocycles. The van der Waals surface area contributed by atoms with E-state index in [4.69, 9.17) is 17.0 Å². The standard InChI is InChI=1S/C22H19.C21H25.C2H6Si.2ClH.Zr/c1-2-7-16-14-18-10-6-13-21(22(18)15-16)20-12-5-9-17-8-3-4-11-19(17)20;1-20(2,3)16-7-9-18-14(12-16)11-15-13-17(21(4,5)6)8-10-19(15)18;1-3-2;;;/h3-6,8-15H,2,7H2,1H3;7-10,12H,11H2,1-6H3;1-2H3;2*1H;/q2*-1;;;;+4/p-2. The molecule has 0 saturated heterocycles. The van der Waals surface area contributed by atoms with Gasteiger partial charge in [0.25, 0.3) is 0 Å². The number of benzene rings is 5. The Morgan fingerprint density at radius 1 is 0.714 bits per heavy atom. The van der Waals surface area contributed by atoms with Crippen LogP contribution >= 0.6 is 17.0 Å². The summed E-state index contributed by atoms with van der Waals surface area (Å²) in [6, 6.07) is 41.8. The number of hydrogen-bond donors (Lipinski definition) is 0. The molecule has 2 radical (unpaired) electrons. The van der Waals surface area contributed by atoms with Crippen LogP contribution in [-0.4, -0.2) is 9.52 Å². The Morgan fingerprint density at radius 2 is 1.33 bits per heavy atom. The van der Waals surface area contributed by atoms with E-state index in [1.54, 1.807) is 0 Å². The van der Waals surface area contributed by atoms with Gasteiger partial charge in [0.1, 0.15) is 0 Å². The van der Waals surface area contributed by atoms with Gasteiger partial charge in [0, 0.05) is 9.52 Å². The Labute approximate surface area is 317 Å². The third-order valence-electron chi connectivity index (χ3n) is 8.89. The fourth-order valence-electron chi connectivity index (χ4n) is 6.45. The van der Waals surface area contributed by atoms with E-state index >= 15 is 0 Å². The van der Waals surface area contributed by atoms with E-state index in [0.717, 1.165) is 22.4 Å². The van der Waals surface area contributed by atoms with Crippen LogP contribution in [0.2, 0.25) is 13.1 Å². The average Bonchev–Trinajstić information content (AvgIpc) is 3.65. The molecule has 1 aliphatic rings. The van der Waals surface area contributed by atoms with Gasteiger partial charge in [-0.25, -0.2) is 0 Å². The molecule has 0 spiro atoms. The van der Waals surface area contributed by atoms with Crippen LogP contribution in [0.5, 0.6) is 0 Å². The second-order valence-corrected chi connectivity index (χ2v) is 19.6. The first kappa shape index (κ1) is 39.4. The van der Waals surface area contributed by atoms with Gasteiger partial charge in [-0.3, -0.25) is 0 Å². The van der Waals surface area contributed by atoms with Gasteiger partial charge < -0.3 is 0 Å². The Morgan fingerprint density at radius 3 is 1.98 bits per heavy atom. The molecule has 0 amide bonds. The SMILES string of the molecule is CC(C)(C)c1[c-]c2c(cc1)-c1ccc(C(C)(C)C)cc1C2.CCCc1cc2c(-c3cccc4ccccc34)cccc2[cH-]1.C[Si]C.[Cl][Zr+2][Cl]. The summed E-state index contributed by atoms with van der Waals surface area (Å²) in [6.07, 6.45) is 3.38. The summed E-state index contributed by atoms with van der Waals surface area (Å²) in [5.74, 6) is 0. The number of halogens is 2. The Hall–Kier alpha value is -2.35. The Bertz CT molecular complexity index is 1900. The summed E-state index contributed by atoms with van der Waals surface area (Å²) in [7, 11) is 11.0. The van der Waals surface area contributed by atoms with Crippen LogP contribution in [-0.2, 0) is 44.5 Å². The van der Waals surface area contributed by atoms with Crippen molar-refractivity contribution in [3.63, 3.8) is 0 Å². The number of fused-ring (bicyclic) bond motifs is 5. The van der Waals surface area contributed by atoms with Crippen molar-refractivity contribution in [2.45, 2.75) is 91.7 Å². The van der Waals surface area contributed by atoms with Gasteiger partial charge in [0.05, 0.1) is 0 Å². The van der Waals surface area contributed by atoms with Crippen molar-refractivity contribution >= 4 is 48.1 Å². The summed E-state index contributed by atoms with van der Waals surface area (Å²) >= 11 is -0.826. The zero-order valence-corrected chi connectivity index (χ0v) is 35.7. The summed E-state index contributed by atoms with van der Waals surface area (Å²) in [6.45, 7) is 20.1. The monoisotopic (exact) mass is 778 g/mol. The topological polar surface area (TPSA) is 0 Å². The van der Waals surface area contributed by atoms with E-state index in [9.17, 15) is 0 Å². The van der Waals surface area contributed by atoms with E-state index in [1.165, 1.54) is 78.0 Å². The first-order valence-electron chi connectivity index (χ1n) is 17.3. The van der Waals surface area contributed by atoms with Crippen LogP contribution in [0.4, 0.5) is 0 Å². The van der Waals surface area contributed by atoms with Crippen molar-refractivity contribution in [2.24, 2.45) is 0 Å². The molecule has 0 saturated carbocycles. The van der Waals surface area contributed by atoms with Crippen molar-refractivity contribution in [1.82, 2.24) is 0 Å². The number of hydrogen-bond acceptors (Lipinski definition) is 0. The molecule has 6 aromatic carbocycles. The molecular formula is C45H50Cl2SiZr. The molecule has 0 N–H and O–H groups in total. The van der Waals surface area contributed by atoms with Gasteiger partial charge in [-0.05, 0) is 51.1 Å². The minimum absolute atomic E-state index is 0.167. The second kappa shape index (κ2) is 17.7. The maximum absolute atomic E-state index is 4.93. The average molecular weight is 781 g/mol. The summed E-state index contributed by atoms with van der Waals surface area (Å²) < 4.78 is 0. The van der Waals surface area contributed by atoms with Crippen molar-refractivity contribution < 1.29 is 20.8 Å². The first-order chi connectivity index (χ1) is 23.4. The van der Waals surface area contributed by atoms with E-state index < -0.39 is 20.8 Å². The van der Waals surface area contributed by atoms with Crippen molar-refractivity contribution in [3.05, 3.63) is 137 Å². The molecule has 49 heavy (non-hydrogen) atoms. The molecule has 0 bridgehead atoms. The van der Waals surface area contributed by atoms with Gasteiger partial charge in [-0.15, -0.1) is 45.7 Å². The molecule has 0 nitrogen and oxygen atoms in total. The molecule has 0 atom stereocenters. The predicted molar refractivity (Wildman–Crippen MR) is 217 cm³/mol. The van der Waals surface area contributed by atoms with Gasteiger partial charge in [0.2, 0.25) is 0 Å². The molecule has 0 fully saturated rings. The third-order valence-corrected chi connectivity index (χ3v) is 8.89. The van der Waals surface area contributed by atoms with Gasteiger partial charge in [-0.2, -0.15) is 29.8 Å². The number of rotatable bonds is 3. The molecule has 252 valence electrons. The van der Waals surface area contributed by atoms with Crippen molar-refractivity contribution in [3.8, 4) is 22.3 Å². The van der Waals surface area contributed by atoms with Crippen molar-refractivity contribution in [1.29, 1.82) is 0 Å². The quantitative estimate of drug-likeness (QED) is 0.124. The van der Waals surface area contributed by atoms with Crippen LogP contribution in [0.1, 0.15) is 82.7 Å². The van der Waals surface area contributed by atoms with Crippen LogP contribution in [0.15, 0.2) is 103 Å². The molecule has 7 rings (SSSR count). The number of aryl methyl sites for hydroxylation is 1. The molecular weight excluding hydrogens is 731 g/mol. The van der Waals surface area contributed by atoms with E-state index in [0.29, 0.717) is 0 Å². The molecule has 6 aromatic rings. The zero-order chi connectivity index (χ0) is 35.8. The van der Waals surface area contributed by atoms with Crippen molar-refractivity contribution in [2.75, 3.05) is 0 Å². The summed E-state index contributed by atoms with van der Waals surface area (Å²) in [4.78, 5) is 0. The normalized spacial score (nSPS) is 11.7. The van der Waals surface area contributed by atoms with E-state index in [-0.39, 0.29) is 10.8 Å². The van der Waals surface area contributed by atoms with E-state index in [2.05, 4.69) is 171 Å². The Kier molecular flexibility index (Phi) is 14.3. The first-order valence-corrected chi connectivity index (χ1v) is 25.6. The van der Waals surface area contributed by atoms with Crippen LogP contribution in [0.3, 0.4) is 0 Å². The molecule has 0 unspecified atom stereocenters. The fraction of sp³-hybridized carbons (Fsp3) is 0.311. The van der Waals surface area contributed by atoms with Gasteiger partial charge >= 0.3 is 37.9 Å². The second-order valence-electron chi connectivity index (χ2n) is 14.8. The van der Waals surface area contributed by atoms with E-state index in [1.807, 2.05) is 0 Å². The molecule has 4 heteroatoms. The molecule has 0 heterocycles. The Balaban J connectivity index is 0.000000191. The van der Waals surface area contributed by atoms with Gasteiger partial charge in [-0.1, -0.05) is 146 Å². The summed E-state index contributed by atoms with van der Waals surface area (Å²) in [5, 5.41) is 5.37. The van der Waals surface area contributed by atoms with Crippen LogP contribution < -0.4 is 0 Å². The molecule has 1 aliphatic carbocycles. The zero-order valence-electron chi connectivity index (χ0n) is 30.7.